The number of ketones is 1. The van der Waals surface area contributed by atoms with Crippen molar-refractivity contribution >= 4 is 5.78 Å². The molecule has 0 radical (unpaired) electrons. The molecule has 4 heteroatoms. The van der Waals surface area contributed by atoms with E-state index in [1.807, 2.05) is 0 Å². The number of ether oxygens (including phenoxy) is 1. The molecule has 1 rings (SSSR count). The Balaban J connectivity index is 2.59. The minimum Gasteiger partial charge on any atom is -0.393 e. The van der Waals surface area contributed by atoms with Crippen LogP contribution in [-0.2, 0) is 9.53 Å². The molecule has 2 atom stereocenters. The van der Waals surface area contributed by atoms with Gasteiger partial charge in [-0.25, -0.2) is 0 Å². The minimum absolute atomic E-state index is 0.221. The summed E-state index contributed by atoms with van der Waals surface area (Å²) >= 11 is 0. The lowest BCUT2D eigenvalue weighted by Crippen LogP contribution is -2.33. The molecule has 4 nitrogen and oxygen atoms in total. The standard InChI is InChI=1S/C6H8O4/c7-3-4-1-2-5(8)6(9)10-4/h1-2,4,6-7,9H,3H2/t4-,6-/m1/s1. The predicted octanol–water partition coefficient (Wildman–Crippen LogP) is -1.18. The Bertz CT molecular complexity index is 163. The number of rotatable bonds is 1. The summed E-state index contributed by atoms with van der Waals surface area (Å²) in [5.74, 6) is -0.482. The van der Waals surface area contributed by atoms with Crippen molar-refractivity contribution in [1.29, 1.82) is 0 Å². The smallest absolute Gasteiger partial charge is 0.220 e. The van der Waals surface area contributed by atoms with Crippen molar-refractivity contribution in [2.75, 3.05) is 6.61 Å². The summed E-state index contributed by atoms with van der Waals surface area (Å²) in [6, 6.07) is 0. The van der Waals surface area contributed by atoms with Crippen LogP contribution in [0, 0.1) is 0 Å². The van der Waals surface area contributed by atoms with E-state index < -0.39 is 18.2 Å². The number of aliphatic hydroxyl groups excluding tert-OH is 2. The molecule has 0 bridgehead atoms. The van der Waals surface area contributed by atoms with E-state index in [9.17, 15) is 4.79 Å². The fourth-order valence-electron chi connectivity index (χ4n) is 0.666. The Morgan fingerprint density at radius 3 is 2.90 bits per heavy atom. The second-order valence-corrected chi connectivity index (χ2v) is 1.97. The van der Waals surface area contributed by atoms with E-state index in [4.69, 9.17) is 10.2 Å². The third kappa shape index (κ3) is 1.41. The minimum atomic E-state index is -1.40. The van der Waals surface area contributed by atoms with E-state index in [0.29, 0.717) is 0 Å². The molecule has 2 N–H and O–H groups in total. The normalized spacial score (nSPS) is 32.8. The Labute approximate surface area is 57.7 Å². The first-order chi connectivity index (χ1) is 4.74. The van der Waals surface area contributed by atoms with Crippen molar-refractivity contribution < 1.29 is 19.7 Å². The van der Waals surface area contributed by atoms with Crippen molar-refractivity contribution in [2.24, 2.45) is 0 Å². The molecule has 0 aromatic rings. The molecule has 0 aliphatic carbocycles. The quantitative estimate of drug-likeness (QED) is 0.486. The summed E-state index contributed by atoms with van der Waals surface area (Å²) in [5.41, 5.74) is 0. The summed E-state index contributed by atoms with van der Waals surface area (Å²) in [6.45, 7) is -0.221. The van der Waals surface area contributed by atoms with Crippen molar-refractivity contribution in [2.45, 2.75) is 12.4 Å². The molecule has 0 fully saturated rings. The highest BCUT2D eigenvalue weighted by Crippen LogP contribution is 2.05. The van der Waals surface area contributed by atoms with E-state index in [0.717, 1.165) is 0 Å². The van der Waals surface area contributed by atoms with Crippen LogP contribution in [-0.4, -0.2) is 35.0 Å². The summed E-state index contributed by atoms with van der Waals surface area (Å²) in [6.07, 6.45) is 0.666. The molecular weight excluding hydrogens is 136 g/mol. The van der Waals surface area contributed by atoms with Crippen LogP contribution in [0.2, 0.25) is 0 Å². The van der Waals surface area contributed by atoms with Gasteiger partial charge in [-0.1, -0.05) is 0 Å². The SMILES string of the molecule is O=C1C=C[C@H](CO)O[C@H]1O. The number of carbonyl (C=O) groups is 1. The fraction of sp³-hybridized carbons (Fsp3) is 0.500. The Morgan fingerprint density at radius 2 is 2.40 bits per heavy atom. The van der Waals surface area contributed by atoms with Gasteiger partial charge in [-0.3, -0.25) is 4.79 Å². The zero-order valence-electron chi connectivity index (χ0n) is 5.23. The zero-order valence-corrected chi connectivity index (χ0v) is 5.23. The summed E-state index contributed by atoms with van der Waals surface area (Å²) in [5, 5.41) is 17.2. The molecule has 0 saturated heterocycles. The van der Waals surface area contributed by atoms with Gasteiger partial charge in [-0.2, -0.15) is 0 Å². The summed E-state index contributed by atoms with van der Waals surface area (Å²) in [7, 11) is 0. The first-order valence-corrected chi connectivity index (χ1v) is 2.90. The Hall–Kier alpha value is -0.710. The molecule has 0 spiro atoms. The molecule has 0 amide bonds. The molecule has 1 aliphatic rings. The molecule has 0 unspecified atom stereocenters. The number of hydrogen-bond acceptors (Lipinski definition) is 4. The number of aliphatic hydroxyl groups is 2. The molecule has 1 heterocycles. The first-order valence-electron chi connectivity index (χ1n) is 2.90. The van der Waals surface area contributed by atoms with Crippen LogP contribution >= 0.6 is 0 Å². The van der Waals surface area contributed by atoms with Crippen LogP contribution in [0.15, 0.2) is 12.2 Å². The highest BCUT2D eigenvalue weighted by molar-refractivity contribution is 5.93. The van der Waals surface area contributed by atoms with Crippen molar-refractivity contribution in [3.05, 3.63) is 12.2 Å². The van der Waals surface area contributed by atoms with Gasteiger partial charge < -0.3 is 14.9 Å². The lowest BCUT2D eigenvalue weighted by atomic mass is 10.2. The largest absolute Gasteiger partial charge is 0.393 e. The van der Waals surface area contributed by atoms with Crippen LogP contribution in [0.5, 0.6) is 0 Å². The van der Waals surface area contributed by atoms with E-state index >= 15 is 0 Å². The third-order valence-electron chi connectivity index (χ3n) is 1.20. The Morgan fingerprint density at radius 1 is 1.70 bits per heavy atom. The average molecular weight is 144 g/mol. The monoisotopic (exact) mass is 144 g/mol. The fourth-order valence-corrected chi connectivity index (χ4v) is 0.666. The molecule has 1 aliphatic heterocycles. The van der Waals surface area contributed by atoms with Crippen molar-refractivity contribution in [3.8, 4) is 0 Å². The molecule has 0 aromatic carbocycles. The number of hydrogen-bond donors (Lipinski definition) is 2. The van der Waals surface area contributed by atoms with Gasteiger partial charge in [-0.05, 0) is 12.2 Å². The highest BCUT2D eigenvalue weighted by atomic mass is 16.6. The van der Waals surface area contributed by atoms with Crippen LogP contribution in [0.3, 0.4) is 0 Å². The maximum Gasteiger partial charge on any atom is 0.220 e. The molecular formula is C6H8O4. The van der Waals surface area contributed by atoms with E-state index in [1.165, 1.54) is 12.2 Å². The topological polar surface area (TPSA) is 66.8 Å². The lowest BCUT2D eigenvalue weighted by molar-refractivity contribution is -0.164. The molecule has 56 valence electrons. The van der Waals surface area contributed by atoms with Crippen LogP contribution < -0.4 is 0 Å². The third-order valence-corrected chi connectivity index (χ3v) is 1.20. The van der Waals surface area contributed by atoms with Gasteiger partial charge in [0.2, 0.25) is 12.1 Å². The summed E-state index contributed by atoms with van der Waals surface area (Å²) in [4.78, 5) is 10.5. The number of carbonyl (C=O) groups excluding carboxylic acids is 1. The molecule has 0 saturated carbocycles. The van der Waals surface area contributed by atoms with Crippen LogP contribution in [0.1, 0.15) is 0 Å². The maximum absolute atomic E-state index is 10.5. The van der Waals surface area contributed by atoms with Crippen LogP contribution in [0.25, 0.3) is 0 Å². The van der Waals surface area contributed by atoms with Gasteiger partial charge >= 0.3 is 0 Å². The first kappa shape index (κ1) is 7.40. The van der Waals surface area contributed by atoms with Gasteiger partial charge in [0.25, 0.3) is 0 Å². The van der Waals surface area contributed by atoms with Crippen molar-refractivity contribution in [1.82, 2.24) is 0 Å². The van der Waals surface area contributed by atoms with Gasteiger partial charge in [-0.15, -0.1) is 0 Å². The van der Waals surface area contributed by atoms with Gasteiger partial charge in [0.05, 0.1) is 6.61 Å². The van der Waals surface area contributed by atoms with E-state index in [-0.39, 0.29) is 6.61 Å². The van der Waals surface area contributed by atoms with Crippen LogP contribution in [0.4, 0.5) is 0 Å². The highest BCUT2D eigenvalue weighted by Gasteiger charge is 2.21. The average Bonchev–Trinajstić information content (AvgIpc) is 1.95. The lowest BCUT2D eigenvalue weighted by Gasteiger charge is -2.18. The molecule has 0 aromatic heterocycles. The second kappa shape index (κ2) is 2.92. The van der Waals surface area contributed by atoms with Gasteiger partial charge in [0.1, 0.15) is 6.10 Å². The maximum atomic E-state index is 10.5. The predicted molar refractivity (Wildman–Crippen MR) is 32.1 cm³/mol. The van der Waals surface area contributed by atoms with E-state index in [2.05, 4.69) is 4.74 Å². The molecule has 10 heavy (non-hydrogen) atoms. The van der Waals surface area contributed by atoms with Crippen molar-refractivity contribution in [3.63, 3.8) is 0 Å². The van der Waals surface area contributed by atoms with Gasteiger partial charge in [0.15, 0.2) is 0 Å². The van der Waals surface area contributed by atoms with E-state index in [1.54, 1.807) is 0 Å². The summed E-state index contributed by atoms with van der Waals surface area (Å²) < 4.78 is 4.62. The van der Waals surface area contributed by atoms with Gasteiger partial charge in [0, 0.05) is 0 Å². The zero-order chi connectivity index (χ0) is 7.56. The Kier molecular flexibility index (Phi) is 2.16. The second-order valence-electron chi connectivity index (χ2n) is 1.97.